The molecule has 4 aromatic rings. The number of fused-ring (bicyclic) bond motifs is 4. The van der Waals surface area contributed by atoms with E-state index in [0.29, 0.717) is 93.0 Å². The van der Waals surface area contributed by atoms with Crippen LogP contribution in [-0.2, 0) is 39.9 Å². The Balaban J connectivity index is 0.699. The average molecular weight is 929 g/mol. The molecular weight excluding hydrogens is 870 g/mol. The van der Waals surface area contributed by atoms with Gasteiger partial charge in [0.2, 0.25) is 17.7 Å². The lowest BCUT2D eigenvalue weighted by molar-refractivity contribution is -0.137. The highest BCUT2D eigenvalue weighted by atomic mass is 35.5. The standard InChI is InChI=1S/C48H58ClN7O8S/c1-30-31(2)65-48-43(30)44(33-16-18-34(49)19-17-33)51-39(45-54-53-32(3)56(45)48)28-35(57)12-11-23-63-25-27-64-26-24-62-22-9-7-5-4-6-8-15-41(58)50-38-14-10-13-36-37(38)29-55(47(36)61)40-20-21-42(59)52-46(40)60/h10,13-14,16-19,39-40H,4-9,11-12,15,20-29H2,1-3H3,(H,50,58)(H,52,59,60)/t39-,40?/m0/s1. The number of amides is 4. The van der Waals surface area contributed by atoms with E-state index in [-0.39, 0.29) is 42.9 Å². The molecule has 2 N–H and O–H groups in total. The normalized spacial score (nSPS) is 16.8. The first-order chi connectivity index (χ1) is 31.5. The van der Waals surface area contributed by atoms with Gasteiger partial charge < -0.3 is 24.4 Å². The van der Waals surface area contributed by atoms with Crippen LogP contribution in [0.15, 0.2) is 47.5 Å². The van der Waals surface area contributed by atoms with E-state index in [0.717, 1.165) is 71.8 Å². The van der Waals surface area contributed by atoms with E-state index in [1.807, 2.05) is 31.2 Å². The van der Waals surface area contributed by atoms with Crippen molar-refractivity contribution in [2.24, 2.45) is 4.99 Å². The van der Waals surface area contributed by atoms with Gasteiger partial charge in [0.15, 0.2) is 5.82 Å². The lowest BCUT2D eigenvalue weighted by atomic mass is 9.99. The highest BCUT2D eigenvalue weighted by molar-refractivity contribution is 7.15. The molecule has 3 aliphatic heterocycles. The number of carbonyl (C=O) groups is 5. The molecule has 17 heteroatoms. The molecule has 0 spiro atoms. The van der Waals surface area contributed by atoms with E-state index in [1.165, 1.54) is 9.78 Å². The number of benzene rings is 2. The smallest absolute Gasteiger partial charge is 0.255 e. The number of aromatic nitrogens is 3. The number of piperidine rings is 1. The maximum Gasteiger partial charge on any atom is 0.255 e. The van der Waals surface area contributed by atoms with Crippen molar-refractivity contribution in [3.8, 4) is 5.00 Å². The van der Waals surface area contributed by atoms with Crippen LogP contribution in [-0.4, -0.2) is 100 Å². The SMILES string of the molecule is Cc1sc2c(c1C)C(c1ccc(Cl)cc1)=N[C@@H](CC(=O)CCCOCCOCCOCCCCCCCCC(=O)Nc1cccc3c1CN(C1CCC(=O)NC1=O)C3=O)c1nnc(C)n1-2. The van der Waals surface area contributed by atoms with Crippen molar-refractivity contribution < 1.29 is 38.2 Å². The molecule has 1 fully saturated rings. The average Bonchev–Trinajstić information content (AvgIpc) is 3.90. The molecule has 0 bridgehead atoms. The molecule has 2 atom stereocenters. The second kappa shape index (κ2) is 22.9. The van der Waals surface area contributed by atoms with Crippen LogP contribution in [0.4, 0.5) is 5.69 Å². The number of unbranched alkanes of at least 4 members (excludes halogenated alkanes) is 5. The van der Waals surface area contributed by atoms with Gasteiger partial charge in [-0.25, -0.2) is 0 Å². The number of ketones is 1. The van der Waals surface area contributed by atoms with Gasteiger partial charge in [0.1, 0.15) is 28.7 Å². The summed E-state index contributed by atoms with van der Waals surface area (Å²) in [4.78, 5) is 71.0. The fraction of sp³-hybridized carbons (Fsp3) is 0.500. The Morgan fingerprint density at radius 1 is 0.846 bits per heavy atom. The number of aliphatic imine (C=N–C) groups is 1. The molecular formula is C48H58ClN7O8S. The van der Waals surface area contributed by atoms with E-state index in [1.54, 1.807) is 29.5 Å². The van der Waals surface area contributed by atoms with Crippen LogP contribution in [0.1, 0.15) is 132 Å². The number of hydrogen-bond donors (Lipinski definition) is 2. The summed E-state index contributed by atoms with van der Waals surface area (Å²) in [5, 5.41) is 15.8. The third-order valence-corrected chi connectivity index (χ3v) is 13.5. The zero-order valence-corrected chi connectivity index (χ0v) is 39.0. The fourth-order valence-electron chi connectivity index (χ4n) is 8.48. The molecule has 1 saturated heterocycles. The minimum absolute atomic E-state index is 0.0915. The second-order valence-electron chi connectivity index (χ2n) is 16.7. The van der Waals surface area contributed by atoms with E-state index >= 15 is 0 Å². The van der Waals surface area contributed by atoms with Crippen molar-refractivity contribution >= 4 is 63.7 Å². The van der Waals surface area contributed by atoms with Crippen LogP contribution in [0.3, 0.4) is 0 Å². The quantitative estimate of drug-likeness (QED) is 0.0521. The fourth-order valence-corrected chi connectivity index (χ4v) is 9.82. The number of aryl methyl sites for hydroxylation is 2. The van der Waals surface area contributed by atoms with E-state index < -0.39 is 18.0 Å². The molecule has 3 aliphatic rings. The zero-order chi connectivity index (χ0) is 45.9. The number of Topliss-reactive ketones (excluding diaryl/α,β-unsaturated/α-hetero) is 1. The monoisotopic (exact) mass is 927 g/mol. The van der Waals surface area contributed by atoms with Gasteiger partial charge in [0.05, 0.1) is 32.1 Å². The third kappa shape index (κ3) is 12.0. The minimum atomic E-state index is -0.698. The molecule has 4 amide bonds. The largest absolute Gasteiger partial charge is 0.379 e. The first-order valence-corrected chi connectivity index (χ1v) is 23.9. The van der Waals surface area contributed by atoms with E-state index in [4.69, 9.17) is 30.8 Å². The molecule has 2 aromatic heterocycles. The summed E-state index contributed by atoms with van der Waals surface area (Å²) >= 11 is 7.92. The number of nitrogens with one attached hydrogen (secondary N) is 2. The predicted molar refractivity (Wildman–Crippen MR) is 248 cm³/mol. The van der Waals surface area contributed by atoms with Crippen LogP contribution in [0.2, 0.25) is 5.02 Å². The van der Waals surface area contributed by atoms with Gasteiger partial charge in [-0.2, -0.15) is 0 Å². The predicted octanol–water partition coefficient (Wildman–Crippen LogP) is 7.72. The summed E-state index contributed by atoms with van der Waals surface area (Å²) in [6.45, 7) is 9.38. The van der Waals surface area contributed by atoms with E-state index in [9.17, 15) is 24.0 Å². The van der Waals surface area contributed by atoms with Crippen molar-refractivity contribution in [1.29, 1.82) is 0 Å². The minimum Gasteiger partial charge on any atom is -0.379 e. The van der Waals surface area contributed by atoms with Crippen molar-refractivity contribution in [3.05, 3.63) is 91.8 Å². The molecule has 2 aromatic carbocycles. The summed E-state index contributed by atoms with van der Waals surface area (Å²) in [7, 11) is 0. The summed E-state index contributed by atoms with van der Waals surface area (Å²) in [5.74, 6) is 0.368. The molecule has 0 radical (unpaired) electrons. The number of halogens is 1. The van der Waals surface area contributed by atoms with Gasteiger partial charge in [0.25, 0.3) is 5.91 Å². The number of thiophene rings is 1. The van der Waals surface area contributed by atoms with Gasteiger partial charge in [-0.15, -0.1) is 21.5 Å². The number of hydrogen-bond acceptors (Lipinski definition) is 12. The lowest BCUT2D eigenvalue weighted by Gasteiger charge is -2.29. The van der Waals surface area contributed by atoms with Gasteiger partial charge in [-0.05, 0) is 76.3 Å². The highest BCUT2D eigenvalue weighted by Gasteiger charge is 2.40. The number of rotatable bonds is 24. The Hall–Kier alpha value is -5.13. The van der Waals surface area contributed by atoms with Crippen molar-refractivity contribution in [2.75, 3.05) is 45.0 Å². The summed E-state index contributed by atoms with van der Waals surface area (Å²) in [6, 6.07) is 11.7. The molecule has 0 aliphatic carbocycles. The van der Waals surface area contributed by atoms with Crippen molar-refractivity contribution in [1.82, 2.24) is 25.0 Å². The Kier molecular flexibility index (Phi) is 16.8. The van der Waals surface area contributed by atoms with Gasteiger partial charge in [0, 0.05) is 83.3 Å². The number of nitrogens with zero attached hydrogens (tertiary/aromatic N) is 5. The molecule has 1 unspecified atom stereocenters. The van der Waals surface area contributed by atoms with Crippen LogP contribution < -0.4 is 10.6 Å². The summed E-state index contributed by atoms with van der Waals surface area (Å²) in [6.07, 6.45) is 7.87. The Morgan fingerprint density at radius 2 is 1.54 bits per heavy atom. The molecule has 0 saturated carbocycles. The molecule has 346 valence electrons. The van der Waals surface area contributed by atoms with Crippen LogP contribution >= 0.6 is 22.9 Å². The van der Waals surface area contributed by atoms with Crippen LogP contribution in [0.25, 0.3) is 5.00 Å². The van der Waals surface area contributed by atoms with Crippen molar-refractivity contribution in [3.63, 3.8) is 0 Å². The number of ether oxygens (including phenoxy) is 3. The van der Waals surface area contributed by atoms with E-state index in [2.05, 4.69) is 39.2 Å². The first-order valence-electron chi connectivity index (χ1n) is 22.7. The first kappa shape index (κ1) is 47.8. The van der Waals surface area contributed by atoms with Crippen LogP contribution in [0.5, 0.6) is 0 Å². The van der Waals surface area contributed by atoms with Gasteiger partial charge in [-0.3, -0.25) is 38.8 Å². The second-order valence-corrected chi connectivity index (χ2v) is 18.4. The lowest BCUT2D eigenvalue weighted by Crippen LogP contribution is -2.52. The highest BCUT2D eigenvalue weighted by Crippen LogP contribution is 2.40. The maximum atomic E-state index is 13.3. The Bertz CT molecular complexity index is 2400. The molecule has 5 heterocycles. The summed E-state index contributed by atoms with van der Waals surface area (Å²) < 4.78 is 19.2. The Labute approximate surface area is 388 Å². The number of imide groups is 1. The van der Waals surface area contributed by atoms with Crippen LogP contribution in [0, 0.1) is 20.8 Å². The molecule has 65 heavy (non-hydrogen) atoms. The van der Waals surface area contributed by atoms with Gasteiger partial charge >= 0.3 is 0 Å². The Morgan fingerprint density at radius 3 is 2.28 bits per heavy atom. The molecule has 15 nitrogen and oxygen atoms in total. The number of anilines is 1. The topological polar surface area (TPSA) is 183 Å². The zero-order valence-electron chi connectivity index (χ0n) is 37.4. The van der Waals surface area contributed by atoms with Crippen molar-refractivity contribution in [2.45, 2.75) is 116 Å². The maximum absolute atomic E-state index is 13.3. The summed E-state index contributed by atoms with van der Waals surface area (Å²) in [5.41, 5.74) is 5.72. The molecule has 7 rings (SSSR count). The third-order valence-electron chi connectivity index (χ3n) is 12.1. The number of carbonyl (C=O) groups excluding carboxylic acids is 5. The van der Waals surface area contributed by atoms with Gasteiger partial charge in [-0.1, -0.05) is 55.5 Å².